The standard InChI is InChI=1S/C22H16N6O6S2/c23-13-1-3-14(4-2-13)24-25-15-5-7-16(8-6-15)28-26-20-10-9-18-19(22(20)27-28)11-17(36(30,31)32)12-21(18)35-34-33-29/h1-12,29H,23H2,(H,30,31,32). The number of benzene rings is 4. The highest BCUT2D eigenvalue weighted by atomic mass is 32.2. The van der Waals surface area contributed by atoms with Crippen molar-refractivity contribution >= 4 is 61.0 Å². The molecular formula is C22H16N6O6S2. The lowest BCUT2D eigenvalue weighted by Crippen LogP contribution is -1.99. The molecule has 0 bridgehead atoms. The molecule has 4 N–H and O–H groups in total. The van der Waals surface area contributed by atoms with Gasteiger partial charge >= 0.3 is 0 Å². The molecule has 0 aliphatic carbocycles. The molecule has 4 aromatic carbocycles. The minimum Gasteiger partial charge on any atom is -0.399 e. The molecule has 5 aromatic rings. The minimum absolute atomic E-state index is 0.265. The van der Waals surface area contributed by atoms with Crippen LogP contribution in [0.2, 0.25) is 0 Å². The lowest BCUT2D eigenvalue weighted by molar-refractivity contribution is -0.432. The fraction of sp³-hybridized carbons (Fsp3) is 0. The molecule has 0 spiro atoms. The Labute approximate surface area is 207 Å². The van der Waals surface area contributed by atoms with Gasteiger partial charge in [0.1, 0.15) is 11.0 Å². The van der Waals surface area contributed by atoms with Crippen LogP contribution in [0.1, 0.15) is 0 Å². The first-order chi connectivity index (χ1) is 17.3. The molecule has 0 radical (unpaired) electrons. The van der Waals surface area contributed by atoms with E-state index in [-0.39, 0.29) is 9.79 Å². The second kappa shape index (κ2) is 9.62. The Balaban J connectivity index is 1.52. The van der Waals surface area contributed by atoms with E-state index in [9.17, 15) is 13.0 Å². The summed E-state index contributed by atoms with van der Waals surface area (Å²) in [5.41, 5.74) is 9.09. The van der Waals surface area contributed by atoms with E-state index >= 15 is 0 Å². The van der Waals surface area contributed by atoms with Crippen molar-refractivity contribution in [2.75, 3.05) is 5.73 Å². The number of anilines is 1. The highest BCUT2D eigenvalue weighted by Gasteiger charge is 2.18. The van der Waals surface area contributed by atoms with E-state index in [1.165, 1.54) is 16.9 Å². The van der Waals surface area contributed by atoms with Crippen molar-refractivity contribution in [2.24, 2.45) is 10.2 Å². The van der Waals surface area contributed by atoms with Crippen LogP contribution < -0.4 is 5.73 Å². The number of azo groups is 1. The molecule has 0 unspecified atom stereocenters. The number of hydrogen-bond donors (Lipinski definition) is 3. The van der Waals surface area contributed by atoms with Crippen LogP contribution in [0.25, 0.3) is 27.5 Å². The zero-order chi connectivity index (χ0) is 25.3. The van der Waals surface area contributed by atoms with E-state index in [0.29, 0.717) is 56.6 Å². The quantitative estimate of drug-likeness (QED) is 0.0637. The number of rotatable bonds is 7. The second-order valence-corrected chi connectivity index (χ2v) is 9.61. The van der Waals surface area contributed by atoms with Gasteiger partial charge in [-0.05, 0) is 66.7 Å². The fourth-order valence-electron chi connectivity index (χ4n) is 3.45. The summed E-state index contributed by atoms with van der Waals surface area (Å²) in [6, 6.07) is 19.9. The predicted molar refractivity (Wildman–Crippen MR) is 132 cm³/mol. The molecule has 182 valence electrons. The Hall–Kier alpha value is -3.92. The van der Waals surface area contributed by atoms with Crippen LogP contribution in [0.4, 0.5) is 17.1 Å². The molecule has 0 aliphatic heterocycles. The van der Waals surface area contributed by atoms with Gasteiger partial charge in [0.25, 0.3) is 10.1 Å². The molecule has 36 heavy (non-hydrogen) atoms. The fourth-order valence-corrected chi connectivity index (χ4v) is 4.60. The number of nitrogens with zero attached hydrogens (tertiary/aromatic N) is 5. The van der Waals surface area contributed by atoms with Crippen LogP contribution in [0.15, 0.2) is 92.8 Å². The smallest absolute Gasteiger partial charge is 0.294 e. The van der Waals surface area contributed by atoms with Gasteiger partial charge in [0.05, 0.1) is 34.0 Å². The molecule has 0 aliphatic rings. The second-order valence-electron chi connectivity index (χ2n) is 7.45. The maximum absolute atomic E-state index is 11.8. The van der Waals surface area contributed by atoms with Crippen LogP contribution >= 0.6 is 12.0 Å². The summed E-state index contributed by atoms with van der Waals surface area (Å²) < 4.78 is 37.7. The van der Waals surface area contributed by atoms with Gasteiger partial charge in [-0.2, -0.15) is 23.4 Å². The number of nitrogens with two attached hydrogens (primary N) is 1. The van der Waals surface area contributed by atoms with Gasteiger partial charge in [0.2, 0.25) is 0 Å². The lowest BCUT2D eigenvalue weighted by Gasteiger charge is -2.07. The average Bonchev–Trinajstić information content (AvgIpc) is 3.31. The summed E-state index contributed by atoms with van der Waals surface area (Å²) >= 11 is 0.569. The molecule has 1 aromatic heterocycles. The molecule has 0 saturated heterocycles. The highest BCUT2D eigenvalue weighted by Crippen LogP contribution is 2.35. The van der Waals surface area contributed by atoms with Crippen LogP contribution in [-0.2, 0) is 19.5 Å². The van der Waals surface area contributed by atoms with Gasteiger partial charge < -0.3 is 5.73 Å². The lowest BCUT2D eigenvalue weighted by atomic mass is 10.1. The summed E-state index contributed by atoms with van der Waals surface area (Å²) in [5, 5.41) is 30.4. The maximum Gasteiger partial charge on any atom is 0.294 e. The van der Waals surface area contributed by atoms with Gasteiger partial charge in [-0.25, -0.2) is 5.26 Å². The van der Waals surface area contributed by atoms with Crippen LogP contribution in [0.5, 0.6) is 0 Å². The molecule has 12 nitrogen and oxygen atoms in total. The van der Waals surface area contributed by atoms with Crippen molar-refractivity contribution in [3.63, 3.8) is 0 Å². The van der Waals surface area contributed by atoms with Crippen LogP contribution in [0, 0.1) is 0 Å². The number of aromatic nitrogens is 3. The summed E-state index contributed by atoms with van der Waals surface area (Å²) in [7, 11) is -4.54. The summed E-state index contributed by atoms with van der Waals surface area (Å²) in [4.78, 5) is 1.28. The van der Waals surface area contributed by atoms with E-state index in [2.05, 4.69) is 29.8 Å². The molecule has 0 fully saturated rings. The largest absolute Gasteiger partial charge is 0.399 e. The average molecular weight is 525 g/mol. The third-order valence-electron chi connectivity index (χ3n) is 5.13. The van der Waals surface area contributed by atoms with Crippen molar-refractivity contribution in [3.8, 4) is 5.69 Å². The van der Waals surface area contributed by atoms with Gasteiger partial charge in [-0.1, -0.05) is 11.1 Å². The number of hydrogen-bond acceptors (Lipinski definition) is 11. The monoisotopic (exact) mass is 524 g/mol. The Bertz CT molecular complexity index is 1700. The number of nitrogen functional groups attached to an aromatic ring is 1. The summed E-state index contributed by atoms with van der Waals surface area (Å²) in [6.07, 6.45) is 0. The molecule has 0 saturated carbocycles. The highest BCUT2D eigenvalue weighted by molar-refractivity contribution is 7.94. The molecule has 0 amide bonds. The van der Waals surface area contributed by atoms with E-state index in [1.807, 2.05) is 0 Å². The van der Waals surface area contributed by atoms with E-state index in [1.54, 1.807) is 60.7 Å². The number of fused-ring (bicyclic) bond motifs is 3. The molecule has 14 heteroatoms. The van der Waals surface area contributed by atoms with Crippen LogP contribution in [0.3, 0.4) is 0 Å². The normalized spacial score (nSPS) is 12.2. The third-order valence-corrected chi connectivity index (χ3v) is 6.60. The molecule has 1 heterocycles. The first kappa shape index (κ1) is 23.8. The SMILES string of the molecule is Nc1ccc(N=Nc2ccc(-n3nc4ccc5c(SOOO)cc(S(=O)(=O)O)cc5c4n3)cc2)cc1. The van der Waals surface area contributed by atoms with Gasteiger partial charge in [-0.15, -0.1) is 14.5 Å². The van der Waals surface area contributed by atoms with Gasteiger partial charge in [0, 0.05) is 21.4 Å². The first-order valence-corrected chi connectivity index (χ1v) is 12.3. The van der Waals surface area contributed by atoms with Crippen molar-refractivity contribution in [2.45, 2.75) is 9.79 Å². The predicted octanol–water partition coefficient (Wildman–Crippen LogP) is 5.25. The van der Waals surface area contributed by atoms with Crippen molar-refractivity contribution in [1.29, 1.82) is 0 Å². The Morgan fingerprint density at radius 3 is 2.19 bits per heavy atom. The van der Waals surface area contributed by atoms with Crippen molar-refractivity contribution in [3.05, 3.63) is 72.8 Å². The van der Waals surface area contributed by atoms with E-state index in [0.717, 1.165) is 0 Å². The van der Waals surface area contributed by atoms with E-state index in [4.69, 9.17) is 11.0 Å². The summed E-state index contributed by atoms with van der Waals surface area (Å²) in [6.45, 7) is 0. The van der Waals surface area contributed by atoms with Gasteiger partial charge in [-0.3, -0.25) is 4.55 Å². The van der Waals surface area contributed by atoms with Crippen LogP contribution in [-0.4, -0.2) is 33.2 Å². The van der Waals surface area contributed by atoms with Crippen molar-refractivity contribution < 1.29 is 27.6 Å². The Kier molecular flexibility index (Phi) is 6.36. The topological polar surface area (TPSA) is 175 Å². The molecular weight excluding hydrogens is 508 g/mol. The summed E-state index contributed by atoms with van der Waals surface area (Å²) in [5.74, 6) is 0. The zero-order valence-corrected chi connectivity index (χ0v) is 19.7. The van der Waals surface area contributed by atoms with Gasteiger partial charge in [0.15, 0.2) is 0 Å². The maximum atomic E-state index is 11.8. The minimum atomic E-state index is -4.54. The molecule has 0 atom stereocenters. The Morgan fingerprint density at radius 2 is 1.56 bits per heavy atom. The molecule has 5 rings (SSSR count). The Morgan fingerprint density at radius 1 is 0.889 bits per heavy atom. The third kappa shape index (κ3) is 4.90. The van der Waals surface area contributed by atoms with Crippen molar-refractivity contribution in [1.82, 2.24) is 15.0 Å². The van der Waals surface area contributed by atoms with E-state index < -0.39 is 10.1 Å². The first-order valence-electron chi connectivity index (χ1n) is 10.2. The zero-order valence-electron chi connectivity index (χ0n) is 18.1.